The number of aryl methyl sites for hydroxylation is 2. The van der Waals surface area contributed by atoms with E-state index >= 15 is 0 Å². The second-order valence-electron chi connectivity index (χ2n) is 9.42. The van der Waals surface area contributed by atoms with Gasteiger partial charge >= 0.3 is 0 Å². The van der Waals surface area contributed by atoms with Crippen molar-refractivity contribution >= 4 is 28.9 Å². The average Bonchev–Trinajstić information content (AvgIpc) is 3.18. The van der Waals surface area contributed by atoms with Crippen LogP contribution in [0.25, 0.3) is 0 Å². The first kappa shape index (κ1) is 23.7. The molecule has 0 bridgehead atoms. The highest BCUT2D eigenvalue weighted by Crippen LogP contribution is 2.44. The van der Waals surface area contributed by atoms with E-state index in [4.69, 9.17) is 9.73 Å². The van der Waals surface area contributed by atoms with Crippen LogP contribution >= 0.6 is 23.1 Å². The van der Waals surface area contributed by atoms with Gasteiger partial charge in [-0.3, -0.25) is 4.90 Å². The van der Waals surface area contributed by atoms with E-state index < -0.39 is 0 Å². The Balaban J connectivity index is 1.38. The fourth-order valence-corrected chi connectivity index (χ4v) is 7.59. The van der Waals surface area contributed by atoms with Gasteiger partial charge in [-0.1, -0.05) is 49.4 Å². The number of amidine groups is 1. The Morgan fingerprint density at radius 1 is 1.15 bits per heavy atom. The number of methoxy groups -OCH3 is 1. The lowest BCUT2D eigenvalue weighted by Crippen LogP contribution is -2.53. The molecule has 1 aliphatic carbocycles. The summed E-state index contributed by atoms with van der Waals surface area (Å²) < 4.78 is 6.74. The van der Waals surface area contributed by atoms with Crippen molar-refractivity contribution in [1.29, 1.82) is 0 Å². The van der Waals surface area contributed by atoms with Crippen LogP contribution in [-0.4, -0.2) is 55.5 Å². The number of thiophene rings is 1. The van der Waals surface area contributed by atoms with E-state index in [1.165, 1.54) is 43.1 Å². The summed E-state index contributed by atoms with van der Waals surface area (Å²) in [6, 6.07) is 11.5. The van der Waals surface area contributed by atoms with Crippen LogP contribution in [0.2, 0.25) is 0 Å². The van der Waals surface area contributed by atoms with Crippen molar-refractivity contribution < 1.29 is 4.74 Å². The quantitative estimate of drug-likeness (QED) is 0.467. The third-order valence-corrected chi connectivity index (χ3v) is 9.52. The zero-order valence-corrected chi connectivity index (χ0v) is 22.2. The highest BCUT2D eigenvalue weighted by atomic mass is 32.2. The molecule has 5 rings (SSSR count). The largest absolute Gasteiger partial charge is 0.497 e. The summed E-state index contributed by atoms with van der Waals surface area (Å²) in [6.45, 7) is 5.42. The lowest BCUT2D eigenvalue weighted by Gasteiger charge is -2.41. The molecule has 34 heavy (non-hydrogen) atoms. The Hall–Kier alpha value is -2.02. The molecule has 180 valence electrons. The number of fused-ring (bicyclic) bond motifs is 1. The molecule has 0 unspecified atom stereocenters. The Morgan fingerprint density at radius 3 is 2.79 bits per heavy atom. The molecule has 0 N–H and O–H groups in total. The monoisotopic (exact) mass is 493 g/mol. The number of likely N-dealkylation sites (N-methyl/N-ethyl adjacent to an activating group) is 1. The van der Waals surface area contributed by atoms with Gasteiger partial charge in [-0.25, -0.2) is 4.99 Å². The molecule has 4 nitrogen and oxygen atoms in total. The van der Waals surface area contributed by atoms with Gasteiger partial charge in [-0.2, -0.15) is 0 Å². The molecule has 2 aliphatic heterocycles. The number of thioether (sulfide) groups is 1. The molecule has 1 aromatic carbocycles. The topological polar surface area (TPSA) is 28.1 Å². The number of aliphatic imine (C=N–C) groups is 1. The molecule has 2 aromatic rings. The Morgan fingerprint density at radius 2 is 2.00 bits per heavy atom. The van der Waals surface area contributed by atoms with Crippen LogP contribution in [0.4, 0.5) is 0 Å². The van der Waals surface area contributed by atoms with Gasteiger partial charge in [0.1, 0.15) is 11.6 Å². The molecular formula is C28H35N3OS2. The first-order valence-electron chi connectivity index (χ1n) is 12.5. The van der Waals surface area contributed by atoms with Gasteiger partial charge < -0.3 is 9.64 Å². The minimum Gasteiger partial charge on any atom is -0.497 e. The zero-order valence-electron chi connectivity index (χ0n) is 20.5. The highest BCUT2D eigenvalue weighted by Gasteiger charge is 2.31. The number of nitrogens with zero attached hydrogens (tertiary/aromatic N) is 3. The van der Waals surface area contributed by atoms with Crippen LogP contribution in [-0.2, 0) is 12.8 Å². The van der Waals surface area contributed by atoms with Crippen molar-refractivity contribution in [3.8, 4) is 5.75 Å². The van der Waals surface area contributed by atoms with Crippen LogP contribution in [0.3, 0.4) is 0 Å². The lowest BCUT2D eigenvalue weighted by molar-refractivity contribution is 0.134. The van der Waals surface area contributed by atoms with E-state index in [2.05, 4.69) is 66.3 Å². The van der Waals surface area contributed by atoms with Gasteiger partial charge in [0, 0.05) is 41.0 Å². The Bertz CT molecular complexity index is 1100. The summed E-state index contributed by atoms with van der Waals surface area (Å²) in [4.78, 5) is 13.3. The summed E-state index contributed by atoms with van der Waals surface area (Å²) in [5.74, 6) is 2.14. The summed E-state index contributed by atoms with van der Waals surface area (Å²) in [5.41, 5.74) is 4.01. The van der Waals surface area contributed by atoms with Gasteiger partial charge in [-0.05, 0) is 62.9 Å². The maximum atomic E-state index is 5.36. The van der Waals surface area contributed by atoms with Crippen molar-refractivity contribution in [2.24, 2.45) is 4.99 Å². The fourth-order valence-electron chi connectivity index (χ4n) is 4.96. The number of benzene rings is 1. The number of hydrogen-bond donors (Lipinski definition) is 0. The van der Waals surface area contributed by atoms with Gasteiger partial charge in [0.25, 0.3) is 0 Å². The maximum absolute atomic E-state index is 5.36. The van der Waals surface area contributed by atoms with E-state index in [-0.39, 0.29) is 0 Å². The standard InChI is InChI=1S/C28H35N3OS2/c1-4-7-23-18-24-27(29-25-8-5-6-9-26(25)34-28(24)33-23)31-17-16-30(2)21(19-31)13-10-20-11-14-22(32-3)15-12-20/h6,9,11-12,14-15,18,21H,4-5,7-8,10,13,16-17,19H2,1-3H3/t21-/m0/s1. The molecule has 6 heteroatoms. The third kappa shape index (κ3) is 5.14. The molecule has 1 saturated heterocycles. The average molecular weight is 494 g/mol. The van der Waals surface area contributed by atoms with E-state index in [1.54, 1.807) is 7.11 Å². The number of piperazine rings is 1. The van der Waals surface area contributed by atoms with E-state index in [0.717, 1.165) is 57.5 Å². The summed E-state index contributed by atoms with van der Waals surface area (Å²) in [6.07, 6.45) is 11.3. The second-order valence-corrected chi connectivity index (χ2v) is 11.9. The van der Waals surface area contributed by atoms with Crippen molar-refractivity contribution in [2.45, 2.75) is 55.7 Å². The van der Waals surface area contributed by atoms with E-state index in [0.29, 0.717) is 6.04 Å². The smallest absolute Gasteiger partial charge is 0.138 e. The van der Waals surface area contributed by atoms with Gasteiger partial charge in [0.05, 0.1) is 17.0 Å². The van der Waals surface area contributed by atoms with Crippen LogP contribution in [0.15, 0.2) is 62.3 Å². The molecule has 1 fully saturated rings. The number of allylic oxidation sites excluding steroid dienone is 3. The minimum atomic E-state index is 0.520. The lowest BCUT2D eigenvalue weighted by atomic mass is 10.0. The number of rotatable bonds is 6. The van der Waals surface area contributed by atoms with Crippen molar-refractivity contribution in [2.75, 3.05) is 33.8 Å². The molecule has 1 aromatic heterocycles. The van der Waals surface area contributed by atoms with Crippen molar-refractivity contribution in [3.63, 3.8) is 0 Å². The maximum Gasteiger partial charge on any atom is 0.138 e. The SMILES string of the molecule is CCCc1cc2c(s1)SC1=C(CCC=C1)N=C2N1CCN(C)[C@@H](CCc2ccc(OC)cc2)C1. The summed E-state index contributed by atoms with van der Waals surface area (Å²) in [7, 11) is 4.00. The predicted octanol–water partition coefficient (Wildman–Crippen LogP) is 6.37. The molecule has 0 spiro atoms. The van der Waals surface area contributed by atoms with Crippen molar-refractivity contribution in [3.05, 3.63) is 69.1 Å². The van der Waals surface area contributed by atoms with Crippen LogP contribution in [0.5, 0.6) is 5.75 Å². The molecule has 0 radical (unpaired) electrons. The normalized spacial score (nSPS) is 20.6. The van der Waals surface area contributed by atoms with E-state index in [1.807, 2.05) is 23.1 Å². The second kappa shape index (κ2) is 10.7. The third-order valence-electron chi connectivity index (χ3n) is 7.03. The predicted molar refractivity (Wildman–Crippen MR) is 145 cm³/mol. The highest BCUT2D eigenvalue weighted by molar-refractivity contribution is 8.05. The van der Waals surface area contributed by atoms with Gasteiger partial charge in [-0.15, -0.1) is 11.3 Å². The molecular weight excluding hydrogens is 458 g/mol. The van der Waals surface area contributed by atoms with Crippen LogP contribution in [0, 0.1) is 0 Å². The Labute approximate surface area is 212 Å². The minimum absolute atomic E-state index is 0.520. The first-order chi connectivity index (χ1) is 16.6. The first-order valence-corrected chi connectivity index (χ1v) is 14.2. The van der Waals surface area contributed by atoms with Crippen LogP contribution in [0.1, 0.15) is 48.6 Å². The molecule has 1 atom stereocenters. The van der Waals surface area contributed by atoms with E-state index in [9.17, 15) is 0 Å². The Kier molecular flexibility index (Phi) is 7.47. The number of hydrogen-bond acceptors (Lipinski definition) is 6. The number of ether oxygens (including phenoxy) is 1. The summed E-state index contributed by atoms with van der Waals surface area (Å²) >= 11 is 3.91. The fraction of sp³-hybridized carbons (Fsp3) is 0.464. The van der Waals surface area contributed by atoms with Crippen molar-refractivity contribution in [1.82, 2.24) is 9.80 Å². The zero-order chi connectivity index (χ0) is 23.5. The van der Waals surface area contributed by atoms with Crippen LogP contribution < -0.4 is 4.74 Å². The molecule has 3 aliphatic rings. The molecule has 0 amide bonds. The van der Waals surface area contributed by atoms with Gasteiger partial charge in [0.2, 0.25) is 0 Å². The summed E-state index contributed by atoms with van der Waals surface area (Å²) in [5, 5.41) is 0. The molecule has 3 heterocycles. The molecule has 0 saturated carbocycles. The van der Waals surface area contributed by atoms with Gasteiger partial charge in [0.15, 0.2) is 0 Å².